The second-order valence-electron chi connectivity index (χ2n) is 8.88. The molecule has 36 heavy (non-hydrogen) atoms. The van der Waals surface area contributed by atoms with E-state index in [9.17, 15) is 14.4 Å². The van der Waals surface area contributed by atoms with Crippen molar-refractivity contribution in [1.82, 2.24) is 9.58 Å². The Morgan fingerprint density at radius 1 is 1.08 bits per heavy atom. The molecule has 2 atom stereocenters. The fourth-order valence-corrected chi connectivity index (χ4v) is 5.97. The van der Waals surface area contributed by atoms with E-state index in [-0.39, 0.29) is 30.2 Å². The van der Waals surface area contributed by atoms with E-state index in [2.05, 4.69) is 29.3 Å². The van der Waals surface area contributed by atoms with Gasteiger partial charge in [0.2, 0.25) is 11.2 Å². The van der Waals surface area contributed by atoms with E-state index in [4.69, 9.17) is 9.47 Å². The van der Waals surface area contributed by atoms with Crippen molar-refractivity contribution in [2.45, 2.75) is 36.6 Å². The summed E-state index contributed by atoms with van der Waals surface area (Å²) in [6, 6.07) is 17.3. The van der Waals surface area contributed by atoms with E-state index in [0.717, 1.165) is 21.8 Å². The van der Waals surface area contributed by atoms with Crippen LogP contribution in [0.5, 0.6) is 5.75 Å². The molecule has 1 amide bonds. The highest BCUT2D eigenvalue weighted by Crippen LogP contribution is 2.43. The molecule has 2 aliphatic heterocycles. The third-order valence-corrected chi connectivity index (χ3v) is 7.64. The van der Waals surface area contributed by atoms with E-state index in [0.29, 0.717) is 6.61 Å². The van der Waals surface area contributed by atoms with Gasteiger partial charge in [0.15, 0.2) is 5.69 Å². The van der Waals surface area contributed by atoms with Gasteiger partial charge in [0.1, 0.15) is 6.67 Å². The molecule has 0 N–H and O–H groups in total. The molecular formula is C27H27N3O5S. The Bertz CT molecular complexity index is 1340. The number of fused-ring (bicyclic) bond motifs is 3. The Morgan fingerprint density at radius 2 is 1.81 bits per heavy atom. The maximum absolute atomic E-state index is 13.8. The van der Waals surface area contributed by atoms with Gasteiger partial charge in [0.05, 0.1) is 18.7 Å². The van der Waals surface area contributed by atoms with Crippen molar-refractivity contribution in [2.75, 3.05) is 25.4 Å². The lowest BCUT2D eigenvalue weighted by atomic mass is 9.94. The quantitative estimate of drug-likeness (QED) is 0.491. The number of aromatic nitrogens is 1. The van der Waals surface area contributed by atoms with Gasteiger partial charge in [-0.05, 0) is 29.7 Å². The first-order valence-corrected chi connectivity index (χ1v) is 12.7. The van der Waals surface area contributed by atoms with Crippen LogP contribution in [0.25, 0.3) is 0 Å². The number of rotatable bonds is 5. The summed E-state index contributed by atoms with van der Waals surface area (Å²) in [5.74, 6) is -0.507. The van der Waals surface area contributed by atoms with Crippen LogP contribution in [0.3, 0.4) is 0 Å². The number of amides is 1. The lowest BCUT2D eigenvalue weighted by Gasteiger charge is -2.46. The third kappa shape index (κ3) is 4.18. The smallest absolute Gasteiger partial charge is 0.308 e. The number of carbonyl (C=O) groups excluding carboxylic acids is 2. The van der Waals surface area contributed by atoms with Gasteiger partial charge in [-0.3, -0.25) is 24.1 Å². The van der Waals surface area contributed by atoms with Crippen molar-refractivity contribution in [2.24, 2.45) is 0 Å². The number of methoxy groups -OCH3 is 1. The first kappa shape index (κ1) is 24.1. The van der Waals surface area contributed by atoms with Crippen LogP contribution in [-0.4, -0.2) is 47.9 Å². The first-order chi connectivity index (χ1) is 17.4. The van der Waals surface area contributed by atoms with E-state index in [1.807, 2.05) is 31.2 Å². The number of nitrogens with zero attached hydrogens (tertiary/aromatic N) is 3. The molecule has 9 heteroatoms. The van der Waals surface area contributed by atoms with E-state index >= 15 is 0 Å². The highest BCUT2D eigenvalue weighted by atomic mass is 32.2. The second kappa shape index (κ2) is 9.83. The van der Waals surface area contributed by atoms with Crippen LogP contribution >= 0.6 is 11.8 Å². The van der Waals surface area contributed by atoms with Gasteiger partial charge >= 0.3 is 5.97 Å². The zero-order chi connectivity index (χ0) is 25.4. The third-order valence-electron chi connectivity index (χ3n) is 6.50. The molecule has 2 aliphatic rings. The van der Waals surface area contributed by atoms with Crippen LogP contribution in [0.15, 0.2) is 70.5 Å². The van der Waals surface area contributed by atoms with Crippen molar-refractivity contribution >= 4 is 23.6 Å². The van der Waals surface area contributed by atoms with Crippen LogP contribution in [0.4, 0.5) is 0 Å². The second-order valence-corrected chi connectivity index (χ2v) is 9.90. The summed E-state index contributed by atoms with van der Waals surface area (Å²) in [5, 5.41) is 2.05. The van der Waals surface area contributed by atoms with Crippen LogP contribution < -0.4 is 15.2 Å². The number of hydrogen-bond donors (Lipinski definition) is 0. The molecule has 2 unspecified atom stereocenters. The van der Waals surface area contributed by atoms with Gasteiger partial charge < -0.3 is 14.4 Å². The molecule has 0 radical (unpaired) electrons. The lowest BCUT2D eigenvalue weighted by Crippen LogP contribution is -2.58. The zero-order valence-electron chi connectivity index (χ0n) is 20.3. The zero-order valence-corrected chi connectivity index (χ0v) is 21.2. The summed E-state index contributed by atoms with van der Waals surface area (Å²) in [6.45, 7) is 3.67. The Labute approximate surface area is 213 Å². The lowest BCUT2D eigenvalue weighted by molar-refractivity contribution is -0.132. The fraction of sp³-hybridized carbons (Fsp3) is 0.296. The minimum absolute atomic E-state index is 0.0266. The topological polar surface area (TPSA) is 81.1 Å². The van der Waals surface area contributed by atoms with Gasteiger partial charge in [0, 0.05) is 36.9 Å². The SMILES string of the molecule is COCC(C)N1CN(C2c3ccccc3CSc3ccccc32)n2ccc(=O)c(OC(C)=O)c2C1=O. The number of benzene rings is 2. The standard InChI is InChI=1S/C27H27N3O5S/c1-17(14-34-3)28-16-30(29-13-12-22(32)26(35-18(2)31)25(29)27(28)33)24-20-9-5-4-8-19(20)15-36-23-11-7-6-10-21(23)24/h4-13,17,24H,14-16H2,1-3H3. The van der Waals surface area contributed by atoms with Crippen molar-refractivity contribution < 1.29 is 19.1 Å². The molecule has 3 aromatic rings. The Morgan fingerprint density at radius 3 is 2.56 bits per heavy atom. The maximum atomic E-state index is 13.8. The molecule has 8 nitrogen and oxygen atoms in total. The Hall–Kier alpha value is -3.56. The molecule has 2 aromatic carbocycles. The predicted octanol–water partition coefficient (Wildman–Crippen LogP) is 3.56. The molecule has 0 bridgehead atoms. The van der Waals surface area contributed by atoms with E-state index in [1.165, 1.54) is 18.6 Å². The molecule has 0 saturated carbocycles. The van der Waals surface area contributed by atoms with Crippen LogP contribution in [0.2, 0.25) is 0 Å². The van der Waals surface area contributed by atoms with Gasteiger partial charge in [-0.25, -0.2) is 0 Å². The van der Waals surface area contributed by atoms with Gasteiger partial charge in [-0.2, -0.15) is 0 Å². The summed E-state index contributed by atoms with van der Waals surface area (Å²) in [6.07, 6.45) is 1.59. The van der Waals surface area contributed by atoms with Crippen LogP contribution in [-0.2, 0) is 15.3 Å². The molecule has 5 rings (SSSR count). The molecule has 3 heterocycles. The Kier molecular flexibility index (Phi) is 6.59. The summed E-state index contributed by atoms with van der Waals surface area (Å²) in [5.41, 5.74) is 2.91. The number of esters is 1. The average Bonchev–Trinajstić information content (AvgIpc) is 3.03. The first-order valence-electron chi connectivity index (χ1n) is 11.7. The van der Waals surface area contributed by atoms with E-state index in [1.54, 1.807) is 34.6 Å². The number of pyridine rings is 1. The summed E-state index contributed by atoms with van der Waals surface area (Å²) < 4.78 is 12.3. The van der Waals surface area contributed by atoms with Gasteiger partial charge in [-0.15, -0.1) is 11.8 Å². The molecule has 0 saturated heterocycles. The fourth-order valence-electron chi connectivity index (χ4n) is 4.88. The molecule has 0 aliphatic carbocycles. The number of carbonyl (C=O) groups is 2. The van der Waals surface area contributed by atoms with Crippen molar-refractivity contribution in [3.8, 4) is 5.75 Å². The summed E-state index contributed by atoms with van der Waals surface area (Å²) in [7, 11) is 1.58. The minimum atomic E-state index is -0.663. The van der Waals surface area contributed by atoms with Crippen molar-refractivity contribution in [1.29, 1.82) is 0 Å². The van der Waals surface area contributed by atoms with Crippen molar-refractivity contribution in [3.05, 3.63) is 93.4 Å². The van der Waals surface area contributed by atoms with Gasteiger partial charge in [-0.1, -0.05) is 42.5 Å². The predicted molar refractivity (Wildman–Crippen MR) is 137 cm³/mol. The highest BCUT2D eigenvalue weighted by Gasteiger charge is 2.40. The molecule has 0 spiro atoms. The molecule has 186 valence electrons. The monoisotopic (exact) mass is 505 g/mol. The number of thioether (sulfide) groups is 1. The molecule has 0 fully saturated rings. The summed E-state index contributed by atoms with van der Waals surface area (Å²) in [4.78, 5) is 41.3. The van der Waals surface area contributed by atoms with Crippen molar-refractivity contribution in [3.63, 3.8) is 0 Å². The average molecular weight is 506 g/mol. The molecular weight excluding hydrogens is 478 g/mol. The highest BCUT2D eigenvalue weighted by molar-refractivity contribution is 7.98. The molecule has 1 aromatic heterocycles. The van der Waals surface area contributed by atoms with Gasteiger partial charge in [0.25, 0.3) is 5.91 Å². The van der Waals surface area contributed by atoms with Crippen LogP contribution in [0.1, 0.15) is 47.1 Å². The number of hydrogen-bond acceptors (Lipinski definition) is 7. The van der Waals surface area contributed by atoms with E-state index < -0.39 is 17.3 Å². The minimum Gasteiger partial charge on any atom is -0.420 e. The summed E-state index contributed by atoms with van der Waals surface area (Å²) >= 11 is 1.78. The Balaban J connectivity index is 1.77. The number of ether oxygens (including phenoxy) is 2. The largest absolute Gasteiger partial charge is 0.420 e. The maximum Gasteiger partial charge on any atom is 0.308 e. The van der Waals surface area contributed by atoms with Crippen LogP contribution in [0, 0.1) is 0 Å². The normalized spacial score (nSPS) is 17.5.